The minimum Gasteiger partial charge on any atom is -0.496 e. The molecule has 2 N–H and O–H groups in total. The number of nitrogens with zero attached hydrogens (tertiary/aromatic N) is 2. The highest BCUT2D eigenvalue weighted by Gasteiger charge is 2.19. The Morgan fingerprint density at radius 1 is 1.04 bits per heavy atom. The predicted molar refractivity (Wildman–Crippen MR) is 102 cm³/mol. The van der Waals surface area contributed by atoms with E-state index in [2.05, 4.69) is 20.2 Å². The number of hydrogen-bond donors (Lipinski definition) is 2. The molecule has 0 aliphatic heterocycles. The first-order valence-corrected chi connectivity index (χ1v) is 9.61. The molecule has 3 aromatic rings. The molecule has 0 fully saturated rings. The summed E-state index contributed by atoms with van der Waals surface area (Å²) >= 11 is 0. The molecule has 0 spiro atoms. The van der Waals surface area contributed by atoms with Gasteiger partial charge in [-0.15, -0.1) is 0 Å². The van der Waals surface area contributed by atoms with E-state index in [4.69, 9.17) is 9.26 Å². The molecular formula is C18H20N4O4S. The number of rotatable bonds is 6. The lowest BCUT2D eigenvalue weighted by Crippen LogP contribution is -2.15. The fourth-order valence-corrected chi connectivity index (χ4v) is 3.92. The monoisotopic (exact) mass is 388 g/mol. The Labute approximate surface area is 157 Å². The van der Waals surface area contributed by atoms with Crippen molar-refractivity contribution in [1.82, 2.24) is 10.1 Å². The molecule has 0 atom stereocenters. The molecule has 0 amide bonds. The minimum atomic E-state index is -3.75. The van der Waals surface area contributed by atoms with Gasteiger partial charge in [0.2, 0.25) is 0 Å². The summed E-state index contributed by atoms with van der Waals surface area (Å²) in [6, 6.07) is 8.29. The van der Waals surface area contributed by atoms with Crippen LogP contribution in [0.1, 0.15) is 16.9 Å². The molecule has 0 saturated carbocycles. The lowest BCUT2D eigenvalue weighted by Gasteiger charge is -2.13. The zero-order valence-electron chi connectivity index (χ0n) is 15.4. The van der Waals surface area contributed by atoms with Gasteiger partial charge in [-0.05, 0) is 56.2 Å². The number of ether oxygens (including phenoxy) is 1. The van der Waals surface area contributed by atoms with E-state index in [1.807, 2.05) is 0 Å². The molecule has 3 rings (SSSR count). The van der Waals surface area contributed by atoms with E-state index in [9.17, 15) is 8.42 Å². The molecule has 9 heteroatoms. The molecule has 142 valence electrons. The zero-order valence-corrected chi connectivity index (χ0v) is 16.2. The number of sulfonamides is 1. The lowest BCUT2D eigenvalue weighted by atomic mass is 10.1. The Morgan fingerprint density at radius 3 is 2.41 bits per heavy atom. The highest BCUT2D eigenvalue weighted by molar-refractivity contribution is 7.92. The fraction of sp³-hybridized carbons (Fsp3) is 0.222. The molecule has 0 radical (unpaired) electrons. The molecule has 2 heterocycles. The lowest BCUT2D eigenvalue weighted by molar-refractivity contribution is 0.400. The van der Waals surface area contributed by atoms with Gasteiger partial charge in [-0.3, -0.25) is 4.72 Å². The van der Waals surface area contributed by atoms with Gasteiger partial charge in [0, 0.05) is 6.07 Å². The Hall–Kier alpha value is -3.07. The number of hydrogen-bond acceptors (Lipinski definition) is 7. The van der Waals surface area contributed by atoms with E-state index in [0.717, 1.165) is 5.56 Å². The van der Waals surface area contributed by atoms with E-state index >= 15 is 0 Å². The Bertz CT molecular complexity index is 1060. The van der Waals surface area contributed by atoms with Crippen LogP contribution in [0, 0.1) is 20.8 Å². The molecule has 0 saturated heterocycles. The number of pyridine rings is 1. The van der Waals surface area contributed by atoms with E-state index < -0.39 is 10.0 Å². The summed E-state index contributed by atoms with van der Waals surface area (Å²) in [6.07, 6.45) is 1.43. The SMILES string of the molecule is COc1cc(C)c(S(=O)(=O)Nc2ccc(Nc3cc(C)on3)nc2)cc1C. The van der Waals surface area contributed by atoms with Crippen LogP contribution in [0.15, 0.2) is 45.9 Å². The number of aryl methyl sites for hydroxylation is 3. The first-order chi connectivity index (χ1) is 12.8. The summed E-state index contributed by atoms with van der Waals surface area (Å²) in [5.41, 5.74) is 1.69. The van der Waals surface area contributed by atoms with Gasteiger partial charge in [0.15, 0.2) is 5.82 Å². The minimum absolute atomic E-state index is 0.195. The maximum Gasteiger partial charge on any atom is 0.262 e. The second kappa shape index (κ2) is 7.28. The molecule has 1 aromatic carbocycles. The van der Waals surface area contributed by atoms with Crippen LogP contribution in [-0.4, -0.2) is 25.7 Å². The third-order valence-corrected chi connectivity index (χ3v) is 5.41. The first kappa shape index (κ1) is 18.7. The van der Waals surface area contributed by atoms with Crippen LogP contribution in [0.25, 0.3) is 0 Å². The third-order valence-electron chi connectivity index (χ3n) is 3.88. The number of benzene rings is 1. The molecule has 0 bridgehead atoms. The van der Waals surface area contributed by atoms with Crippen molar-refractivity contribution in [2.24, 2.45) is 0 Å². The van der Waals surface area contributed by atoms with Crippen molar-refractivity contribution in [1.29, 1.82) is 0 Å². The summed E-state index contributed by atoms with van der Waals surface area (Å²) in [6.45, 7) is 5.30. The Balaban J connectivity index is 1.79. The van der Waals surface area contributed by atoms with E-state index in [-0.39, 0.29) is 4.90 Å². The molecule has 2 aromatic heterocycles. The number of methoxy groups -OCH3 is 1. The molecule has 27 heavy (non-hydrogen) atoms. The van der Waals surface area contributed by atoms with Crippen LogP contribution < -0.4 is 14.8 Å². The fourth-order valence-electron chi connectivity index (χ4n) is 2.57. The van der Waals surface area contributed by atoms with Crippen molar-refractivity contribution in [2.75, 3.05) is 17.1 Å². The van der Waals surface area contributed by atoms with Crippen LogP contribution in [0.4, 0.5) is 17.3 Å². The Kier molecular flexibility index (Phi) is 5.04. The number of aromatic nitrogens is 2. The van der Waals surface area contributed by atoms with Gasteiger partial charge in [-0.25, -0.2) is 13.4 Å². The van der Waals surface area contributed by atoms with Crippen molar-refractivity contribution < 1.29 is 17.7 Å². The maximum absolute atomic E-state index is 12.7. The van der Waals surface area contributed by atoms with Crippen molar-refractivity contribution in [3.05, 3.63) is 53.4 Å². The van der Waals surface area contributed by atoms with Crippen LogP contribution >= 0.6 is 0 Å². The Morgan fingerprint density at radius 2 is 1.81 bits per heavy atom. The molecule has 0 aliphatic rings. The van der Waals surface area contributed by atoms with Crippen LogP contribution in [0.5, 0.6) is 5.75 Å². The zero-order chi connectivity index (χ0) is 19.6. The summed E-state index contributed by atoms with van der Waals surface area (Å²) < 4.78 is 38.2. The first-order valence-electron chi connectivity index (χ1n) is 8.13. The van der Waals surface area contributed by atoms with Crippen LogP contribution in [0.2, 0.25) is 0 Å². The smallest absolute Gasteiger partial charge is 0.262 e. The topological polar surface area (TPSA) is 106 Å². The summed E-state index contributed by atoms with van der Waals surface area (Å²) in [7, 11) is -2.20. The van der Waals surface area contributed by atoms with Gasteiger partial charge < -0.3 is 14.6 Å². The van der Waals surface area contributed by atoms with Gasteiger partial charge in [-0.2, -0.15) is 0 Å². The third kappa shape index (κ3) is 4.20. The van der Waals surface area contributed by atoms with Gasteiger partial charge in [0.1, 0.15) is 17.3 Å². The quantitative estimate of drug-likeness (QED) is 0.665. The van der Waals surface area contributed by atoms with E-state index in [0.29, 0.717) is 34.4 Å². The molecule has 0 unspecified atom stereocenters. The van der Waals surface area contributed by atoms with E-state index in [1.165, 1.54) is 6.20 Å². The van der Waals surface area contributed by atoms with Crippen molar-refractivity contribution in [3.63, 3.8) is 0 Å². The van der Waals surface area contributed by atoms with Crippen molar-refractivity contribution >= 4 is 27.3 Å². The van der Waals surface area contributed by atoms with Crippen LogP contribution in [-0.2, 0) is 10.0 Å². The van der Waals surface area contributed by atoms with E-state index in [1.54, 1.807) is 58.2 Å². The van der Waals surface area contributed by atoms with Gasteiger partial charge in [-0.1, -0.05) is 5.16 Å². The number of nitrogens with one attached hydrogen (secondary N) is 2. The predicted octanol–water partition coefficient (Wildman–Crippen LogP) is 3.55. The largest absolute Gasteiger partial charge is 0.496 e. The highest BCUT2D eigenvalue weighted by atomic mass is 32.2. The van der Waals surface area contributed by atoms with Gasteiger partial charge >= 0.3 is 0 Å². The second-order valence-corrected chi connectivity index (χ2v) is 7.72. The maximum atomic E-state index is 12.7. The van der Waals surface area contributed by atoms with Gasteiger partial charge in [0.05, 0.1) is 23.9 Å². The number of anilines is 3. The van der Waals surface area contributed by atoms with Crippen molar-refractivity contribution in [2.45, 2.75) is 25.7 Å². The van der Waals surface area contributed by atoms with Crippen LogP contribution in [0.3, 0.4) is 0 Å². The summed E-state index contributed by atoms with van der Waals surface area (Å²) in [5.74, 6) is 2.36. The second-order valence-electron chi connectivity index (χ2n) is 6.07. The average Bonchev–Trinajstić information content (AvgIpc) is 3.02. The molecule has 0 aliphatic carbocycles. The average molecular weight is 388 g/mol. The molecule has 8 nitrogen and oxygen atoms in total. The van der Waals surface area contributed by atoms with Crippen molar-refractivity contribution in [3.8, 4) is 5.75 Å². The highest BCUT2D eigenvalue weighted by Crippen LogP contribution is 2.27. The van der Waals surface area contributed by atoms with Gasteiger partial charge in [0.25, 0.3) is 10.0 Å². The normalized spacial score (nSPS) is 11.3. The molecular weight excluding hydrogens is 368 g/mol. The summed E-state index contributed by atoms with van der Waals surface area (Å²) in [5, 5.41) is 6.79. The standard InChI is InChI=1S/C18H20N4O4S/c1-11-8-16(12(2)7-15(11)25-4)27(23,24)22-14-5-6-17(19-10-14)20-18-9-13(3)26-21-18/h5-10,22H,1-4H3,(H,19,20,21). The summed E-state index contributed by atoms with van der Waals surface area (Å²) in [4.78, 5) is 4.38.